The van der Waals surface area contributed by atoms with Crippen molar-refractivity contribution >= 4 is 0 Å². The van der Waals surface area contributed by atoms with E-state index in [-0.39, 0.29) is 6.10 Å². The van der Waals surface area contributed by atoms with E-state index < -0.39 is 30.7 Å². The van der Waals surface area contributed by atoms with E-state index in [4.69, 9.17) is 28.4 Å². The fraction of sp³-hybridized carbons (Fsp3) is 0.400. The van der Waals surface area contributed by atoms with Crippen LogP contribution in [0.5, 0.6) is 0 Å². The first kappa shape index (κ1) is 32.6. The maximum absolute atomic E-state index is 6.84. The first-order valence-electron chi connectivity index (χ1n) is 16.7. The first-order valence-corrected chi connectivity index (χ1v) is 16.7. The van der Waals surface area contributed by atoms with E-state index in [1.807, 2.05) is 72.8 Å². The molecule has 1 aliphatic heterocycles. The van der Waals surface area contributed by atoms with Gasteiger partial charge >= 0.3 is 0 Å². The van der Waals surface area contributed by atoms with Crippen molar-refractivity contribution in [3.63, 3.8) is 0 Å². The van der Waals surface area contributed by atoms with Gasteiger partial charge in [-0.15, -0.1) is 0 Å². The molecule has 0 aromatic heterocycles. The van der Waals surface area contributed by atoms with Crippen LogP contribution in [0.4, 0.5) is 0 Å². The molecule has 0 radical (unpaired) electrons. The Labute approximate surface area is 273 Å². The van der Waals surface area contributed by atoms with Gasteiger partial charge in [0.15, 0.2) is 6.29 Å². The topological polar surface area (TPSA) is 55.4 Å². The SMILES string of the molecule is c1ccc(COC[C@@H](OCc2ccccc2)[C@@H]2O[C@H](OC3CCCCC3)[C@H](OCc3ccccc3)[C@H]2OCc2ccccc2)cc1. The number of benzene rings is 4. The number of hydrogen-bond acceptors (Lipinski definition) is 6. The first-order chi connectivity index (χ1) is 22.8. The van der Waals surface area contributed by atoms with E-state index >= 15 is 0 Å². The molecule has 0 unspecified atom stereocenters. The highest BCUT2D eigenvalue weighted by atomic mass is 16.7. The molecule has 1 heterocycles. The molecule has 6 heteroatoms. The third-order valence-electron chi connectivity index (χ3n) is 8.72. The monoisotopic (exact) mass is 622 g/mol. The third-order valence-corrected chi connectivity index (χ3v) is 8.72. The molecule has 4 aromatic rings. The minimum atomic E-state index is -0.588. The van der Waals surface area contributed by atoms with Crippen LogP contribution >= 0.6 is 0 Å². The molecule has 6 rings (SSSR count). The lowest BCUT2D eigenvalue weighted by Gasteiger charge is -2.29. The molecule has 0 amide bonds. The molecule has 0 bridgehead atoms. The van der Waals surface area contributed by atoms with Gasteiger partial charge in [-0.2, -0.15) is 0 Å². The number of hydrogen-bond donors (Lipinski definition) is 0. The predicted octanol–water partition coefficient (Wildman–Crippen LogP) is 8.03. The second-order valence-electron chi connectivity index (χ2n) is 12.2. The normalized spacial score (nSPS) is 22.5. The zero-order valence-corrected chi connectivity index (χ0v) is 26.5. The maximum atomic E-state index is 6.84. The molecule has 4 aromatic carbocycles. The maximum Gasteiger partial charge on any atom is 0.187 e. The van der Waals surface area contributed by atoms with Crippen LogP contribution in [0.1, 0.15) is 54.4 Å². The molecular formula is C40H46O6. The predicted molar refractivity (Wildman–Crippen MR) is 178 cm³/mol. The van der Waals surface area contributed by atoms with Crippen LogP contribution in [-0.4, -0.2) is 43.4 Å². The van der Waals surface area contributed by atoms with Gasteiger partial charge in [-0.1, -0.05) is 141 Å². The van der Waals surface area contributed by atoms with Gasteiger partial charge < -0.3 is 28.4 Å². The molecule has 46 heavy (non-hydrogen) atoms. The Hall–Kier alpha value is -3.36. The fourth-order valence-electron chi connectivity index (χ4n) is 6.23. The lowest BCUT2D eigenvalue weighted by molar-refractivity contribution is -0.220. The molecule has 0 spiro atoms. The molecule has 1 aliphatic carbocycles. The summed E-state index contributed by atoms with van der Waals surface area (Å²) in [4.78, 5) is 0. The average Bonchev–Trinajstić information content (AvgIpc) is 3.46. The van der Waals surface area contributed by atoms with Gasteiger partial charge in [-0.05, 0) is 35.1 Å². The zero-order valence-electron chi connectivity index (χ0n) is 26.5. The van der Waals surface area contributed by atoms with E-state index in [0.29, 0.717) is 33.0 Å². The standard InChI is InChI=1S/C40H46O6/c1-6-16-31(17-7-1)26-41-30-36(42-27-32-18-8-2-9-19-32)37-38(43-28-33-20-10-3-11-21-33)39(44-29-34-22-12-4-13-23-34)40(46-37)45-35-24-14-5-15-25-35/h1-4,6-13,16-23,35-40H,5,14-15,24-30H2/t36-,37+,38+,39-,40+/m1/s1. The molecule has 6 nitrogen and oxygen atoms in total. The Balaban J connectivity index is 1.26. The number of ether oxygens (including phenoxy) is 6. The van der Waals surface area contributed by atoms with Gasteiger partial charge in [0.05, 0.1) is 39.1 Å². The fourth-order valence-corrected chi connectivity index (χ4v) is 6.23. The quantitative estimate of drug-likeness (QED) is 0.126. The van der Waals surface area contributed by atoms with Crippen molar-refractivity contribution in [3.8, 4) is 0 Å². The minimum Gasteiger partial charge on any atom is -0.374 e. The third kappa shape index (κ3) is 9.58. The van der Waals surface area contributed by atoms with Gasteiger partial charge in [-0.3, -0.25) is 0 Å². The summed E-state index contributed by atoms with van der Waals surface area (Å²) in [7, 11) is 0. The summed E-state index contributed by atoms with van der Waals surface area (Å²) in [6.07, 6.45) is 3.39. The van der Waals surface area contributed by atoms with Crippen LogP contribution < -0.4 is 0 Å². The van der Waals surface area contributed by atoms with Gasteiger partial charge in [0.25, 0.3) is 0 Å². The second kappa shape index (κ2) is 17.5. The molecular weight excluding hydrogens is 576 g/mol. The van der Waals surface area contributed by atoms with Gasteiger partial charge in [-0.25, -0.2) is 0 Å². The highest BCUT2D eigenvalue weighted by Gasteiger charge is 2.51. The highest BCUT2D eigenvalue weighted by molar-refractivity contribution is 5.16. The van der Waals surface area contributed by atoms with Crippen LogP contribution in [-0.2, 0) is 54.8 Å². The van der Waals surface area contributed by atoms with Crippen LogP contribution in [0.25, 0.3) is 0 Å². The highest BCUT2D eigenvalue weighted by Crippen LogP contribution is 2.35. The Morgan fingerprint density at radius 1 is 0.543 bits per heavy atom. The minimum absolute atomic E-state index is 0.133. The van der Waals surface area contributed by atoms with Crippen LogP contribution in [0.15, 0.2) is 121 Å². The Morgan fingerprint density at radius 3 is 1.57 bits per heavy atom. The number of rotatable bonds is 16. The molecule has 1 saturated heterocycles. The van der Waals surface area contributed by atoms with E-state index in [1.54, 1.807) is 0 Å². The Bertz CT molecular complexity index is 1380. The van der Waals surface area contributed by atoms with E-state index in [9.17, 15) is 0 Å². The summed E-state index contributed by atoms with van der Waals surface area (Å²) in [6, 6.07) is 40.9. The summed E-state index contributed by atoms with van der Waals surface area (Å²) in [5.41, 5.74) is 4.37. The molecule has 242 valence electrons. The molecule has 1 saturated carbocycles. The zero-order chi connectivity index (χ0) is 31.2. The van der Waals surface area contributed by atoms with Crippen molar-refractivity contribution in [1.82, 2.24) is 0 Å². The molecule has 2 fully saturated rings. The van der Waals surface area contributed by atoms with E-state index in [0.717, 1.165) is 35.1 Å². The van der Waals surface area contributed by atoms with Gasteiger partial charge in [0.1, 0.15) is 24.4 Å². The van der Waals surface area contributed by atoms with Gasteiger partial charge in [0, 0.05) is 0 Å². The van der Waals surface area contributed by atoms with Crippen molar-refractivity contribution in [3.05, 3.63) is 144 Å². The second-order valence-corrected chi connectivity index (χ2v) is 12.2. The smallest absolute Gasteiger partial charge is 0.187 e. The van der Waals surface area contributed by atoms with E-state index in [2.05, 4.69) is 48.5 Å². The van der Waals surface area contributed by atoms with Crippen molar-refractivity contribution in [1.29, 1.82) is 0 Å². The summed E-state index contributed by atoms with van der Waals surface area (Å²) >= 11 is 0. The van der Waals surface area contributed by atoms with Crippen molar-refractivity contribution in [2.24, 2.45) is 0 Å². The summed E-state index contributed by atoms with van der Waals surface area (Å²) in [5.74, 6) is 0. The lowest BCUT2D eigenvalue weighted by atomic mass is 9.97. The average molecular weight is 623 g/mol. The molecule has 5 atom stereocenters. The summed E-state index contributed by atoms with van der Waals surface area (Å²) in [5, 5.41) is 0. The Morgan fingerprint density at radius 2 is 1.02 bits per heavy atom. The molecule has 2 aliphatic rings. The van der Waals surface area contributed by atoms with Gasteiger partial charge in [0.2, 0.25) is 0 Å². The van der Waals surface area contributed by atoms with Crippen LogP contribution in [0.3, 0.4) is 0 Å². The Kier molecular flexibility index (Phi) is 12.4. The van der Waals surface area contributed by atoms with E-state index in [1.165, 1.54) is 19.3 Å². The van der Waals surface area contributed by atoms with Crippen molar-refractivity contribution in [2.45, 2.75) is 95.3 Å². The van der Waals surface area contributed by atoms with Crippen LogP contribution in [0, 0.1) is 0 Å². The largest absolute Gasteiger partial charge is 0.374 e. The summed E-state index contributed by atoms with van der Waals surface area (Å²) in [6.45, 7) is 2.08. The van der Waals surface area contributed by atoms with Crippen LogP contribution in [0.2, 0.25) is 0 Å². The van der Waals surface area contributed by atoms with Crippen molar-refractivity contribution < 1.29 is 28.4 Å². The lowest BCUT2D eigenvalue weighted by Crippen LogP contribution is -2.45. The molecule has 0 N–H and O–H groups in total. The summed E-state index contributed by atoms with van der Waals surface area (Å²) < 4.78 is 40.0. The van der Waals surface area contributed by atoms with Crippen molar-refractivity contribution in [2.75, 3.05) is 6.61 Å².